The summed E-state index contributed by atoms with van der Waals surface area (Å²) in [5.41, 5.74) is 0.995. The highest BCUT2D eigenvalue weighted by atomic mass is 15.4. The lowest BCUT2D eigenvalue weighted by Gasteiger charge is -2.06. The van der Waals surface area contributed by atoms with Crippen LogP contribution in [0.25, 0.3) is 0 Å². The van der Waals surface area contributed by atoms with E-state index in [1.807, 2.05) is 13.2 Å². The Morgan fingerprint density at radius 1 is 1.73 bits per heavy atom. The van der Waals surface area contributed by atoms with Gasteiger partial charge in [0.1, 0.15) is 0 Å². The van der Waals surface area contributed by atoms with Crippen LogP contribution in [0.1, 0.15) is 25.6 Å². The topological polar surface area (TPSA) is 42.7 Å². The monoisotopic (exact) mass is 154 g/mol. The molecule has 0 radical (unpaired) electrons. The third-order valence-corrected chi connectivity index (χ3v) is 1.57. The Morgan fingerprint density at radius 2 is 2.45 bits per heavy atom. The Hall–Kier alpha value is -0.900. The summed E-state index contributed by atoms with van der Waals surface area (Å²) in [4.78, 5) is 0. The first kappa shape index (κ1) is 8.20. The minimum atomic E-state index is 0.300. The number of aryl methyl sites for hydroxylation is 1. The second-order valence-electron chi connectivity index (χ2n) is 2.60. The predicted octanol–water partition coefficient (Wildman–Crippen LogP) is 0.486. The predicted molar refractivity (Wildman–Crippen MR) is 43.1 cm³/mol. The van der Waals surface area contributed by atoms with Crippen LogP contribution in [0.15, 0.2) is 6.20 Å². The summed E-state index contributed by atoms with van der Waals surface area (Å²) < 4.78 is 1.71. The van der Waals surface area contributed by atoms with Crippen LogP contribution in [0.5, 0.6) is 0 Å². The molecule has 1 aromatic heterocycles. The fourth-order valence-corrected chi connectivity index (χ4v) is 0.974. The van der Waals surface area contributed by atoms with Crippen molar-refractivity contribution in [3.05, 3.63) is 11.9 Å². The molecule has 11 heavy (non-hydrogen) atoms. The number of hydrogen-bond donors (Lipinski definition) is 1. The van der Waals surface area contributed by atoms with Crippen molar-refractivity contribution in [2.75, 3.05) is 6.54 Å². The van der Waals surface area contributed by atoms with Gasteiger partial charge in [-0.05, 0) is 13.5 Å². The number of rotatable bonds is 3. The molecule has 1 atom stereocenters. The van der Waals surface area contributed by atoms with Crippen molar-refractivity contribution < 1.29 is 0 Å². The van der Waals surface area contributed by atoms with Crippen molar-refractivity contribution in [1.29, 1.82) is 0 Å². The van der Waals surface area contributed by atoms with E-state index in [0.717, 1.165) is 12.2 Å². The van der Waals surface area contributed by atoms with Gasteiger partial charge in [-0.15, -0.1) is 5.10 Å². The van der Waals surface area contributed by atoms with Gasteiger partial charge in [-0.1, -0.05) is 12.1 Å². The van der Waals surface area contributed by atoms with Crippen molar-refractivity contribution >= 4 is 0 Å². The van der Waals surface area contributed by atoms with Crippen molar-refractivity contribution in [2.45, 2.75) is 19.9 Å². The quantitative estimate of drug-likeness (QED) is 0.688. The average molecular weight is 154 g/mol. The van der Waals surface area contributed by atoms with E-state index >= 15 is 0 Å². The molecular formula is C7H14N4. The van der Waals surface area contributed by atoms with Gasteiger partial charge in [-0.2, -0.15) is 0 Å². The Labute approximate surface area is 66.6 Å². The summed E-state index contributed by atoms with van der Waals surface area (Å²) in [6, 6.07) is 0.300. The smallest absolute Gasteiger partial charge is 0.0993 e. The summed E-state index contributed by atoms with van der Waals surface area (Å²) in [6.07, 6.45) is 1.92. The van der Waals surface area contributed by atoms with Gasteiger partial charge in [0.2, 0.25) is 0 Å². The molecule has 0 spiro atoms. The molecular weight excluding hydrogens is 140 g/mol. The van der Waals surface area contributed by atoms with Gasteiger partial charge in [0, 0.05) is 13.2 Å². The lowest BCUT2D eigenvalue weighted by atomic mass is 10.2. The van der Waals surface area contributed by atoms with E-state index in [9.17, 15) is 0 Å². The second kappa shape index (κ2) is 3.48. The summed E-state index contributed by atoms with van der Waals surface area (Å²) in [7, 11) is 1.87. The summed E-state index contributed by atoms with van der Waals surface area (Å²) in [6.45, 7) is 5.11. The molecule has 1 aromatic rings. The maximum absolute atomic E-state index is 3.98. The third kappa shape index (κ3) is 2.01. The van der Waals surface area contributed by atoms with Crippen LogP contribution in [0, 0.1) is 0 Å². The minimum Gasteiger partial charge on any atom is -0.309 e. The SMILES string of the molecule is CCNC(C)c1cn(C)nn1. The van der Waals surface area contributed by atoms with E-state index in [1.54, 1.807) is 4.68 Å². The van der Waals surface area contributed by atoms with Gasteiger partial charge in [0.25, 0.3) is 0 Å². The Morgan fingerprint density at radius 3 is 2.91 bits per heavy atom. The maximum atomic E-state index is 3.98. The zero-order valence-electron chi connectivity index (χ0n) is 7.20. The van der Waals surface area contributed by atoms with Crippen LogP contribution in [0.3, 0.4) is 0 Å². The van der Waals surface area contributed by atoms with Crippen LogP contribution < -0.4 is 5.32 Å². The normalized spacial score (nSPS) is 13.4. The van der Waals surface area contributed by atoms with Crippen molar-refractivity contribution in [3.63, 3.8) is 0 Å². The van der Waals surface area contributed by atoms with Crippen molar-refractivity contribution in [3.8, 4) is 0 Å². The molecule has 0 aliphatic heterocycles. The van der Waals surface area contributed by atoms with E-state index in [4.69, 9.17) is 0 Å². The zero-order valence-corrected chi connectivity index (χ0v) is 7.20. The average Bonchev–Trinajstić information content (AvgIpc) is 2.36. The maximum Gasteiger partial charge on any atom is 0.0993 e. The molecule has 1 N–H and O–H groups in total. The molecule has 62 valence electrons. The molecule has 0 bridgehead atoms. The Balaban J connectivity index is 2.60. The third-order valence-electron chi connectivity index (χ3n) is 1.57. The lowest BCUT2D eigenvalue weighted by molar-refractivity contribution is 0.581. The molecule has 0 amide bonds. The van der Waals surface area contributed by atoms with Crippen molar-refractivity contribution in [1.82, 2.24) is 20.3 Å². The molecule has 0 aromatic carbocycles. The first-order valence-corrected chi connectivity index (χ1v) is 3.83. The largest absolute Gasteiger partial charge is 0.309 e. The molecule has 1 rings (SSSR count). The van der Waals surface area contributed by atoms with E-state index in [-0.39, 0.29) is 0 Å². The fourth-order valence-electron chi connectivity index (χ4n) is 0.974. The number of nitrogens with one attached hydrogen (secondary N) is 1. The molecule has 0 aliphatic carbocycles. The van der Waals surface area contributed by atoms with Gasteiger partial charge >= 0.3 is 0 Å². The molecule has 0 aliphatic rings. The highest BCUT2D eigenvalue weighted by molar-refractivity contribution is 4.98. The van der Waals surface area contributed by atoms with Crippen LogP contribution in [0.4, 0.5) is 0 Å². The van der Waals surface area contributed by atoms with Crippen LogP contribution in [-0.4, -0.2) is 21.5 Å². The molecule has 0 saturated carbocycles. The molecule has 4 nitrogen and oxygen atoms in total. The number of hydrogen-bond acceptors (Lipinski definition) is 3. The van der Waals surface area contributed by atoms with Gasteiger partial charge in [0.15, 0.2) is 0 Å². The van der Waals surface area contributed by atoms with E-state index < -0.39 is 0 Å². The van der Waals surface area contributed by atoms with E-state index in [0.29, 0.717) is 6.04 Å². The lowest BCUT2D eigenvalue weighted by Crippen LogP contribution is -2.17. The molecule has 4 heteroatoms. The fraction of sp³-hybridized carbons (Fsp3) is 0.714. The van der Waals surface area contributed by atoms with Gasteiger partial charge in [-0.25, -0.2) is 0 Å². The first-order chi connectivity index (χ1) is 5.24. The van der Waals surface area contributed by atoms with Crippen LogP contribution >= 0.6 is 0 Å². The first-order valence-electron chi connectivity index (χ1n) is 3.83. The molecule has 0 saturated heterocycles. The van der Waals surface area contributed by atoms with Gasteiger partial charge in [0.05, 0.1) is 11.7 Å². The zero-order chi connectivity index (χ0) is 8.27. The standard InChI is InChI=1S/C7H14N4/c1-4-8-6(2)7-5-11(3)10-9-7/h5-6,8H,4H2,1-3H3. The minimum absolute atomic E-state index is 0.300. The van der Waals surface area contributed by atoms with Gasteiger partial charge in [-0.3, -0.25) is 4.68 Å². The number of nitrogens with zero attached hydrogens (tertiary/aromatic N) is 3. The van der Waals surface area contributed by atoms with E-state index in [1.165, 1.54) is 0 Å². The highest BCUT2D eigenvalue weighted by Crippen LogP contribution is 2.05. The van der Waals surface area contributed by atoms with Crippen LogP contribution in [0.2, 0.25) is 0 Å². The Bertz CT molecular complexity index is 218. The van der Waals surface area contributed by atoms with Gasteiger partial charge < -0.3 is 5.32 Å². The summed E-state index contributed by atoms with van der Waals surface area (Å²) in [5.74, 6) is 0. The second-order valence-corrected chi connectivity index (χ2v) is 2.60. The molecule has 1 unspecified atom stereocenters. The molecule has 0 fully saturated rings. The van der Waals surface area contributed by atoms with Crippen molar-refractivity contribution in [2.24, 2.45) is 7.05 Å². The van der Waals surface area contributed by atoms with Crippen LogP contribution in [-0.2, 0) is 7.05 Å². The highest BCUT2D eigenvalue weighted by Gasteiger charge is 2.06. The molecule has 1 heterocycles. The summed E-state index contributed by atoms with van der Waals surface area (Å²) in [5, 5.41) is 11.1. The summed E-state index contributed by atoms with van der Waals surface area (Å²) >= 11 is 0. The van der Waals surface area contributed by atoms with E-state index in [2.05, 4.69) is 29.5 Å². The number of aromatic nitrogens is 3. The Kier molecular flexibility index (Phi) is 2.59.